The first-order valence-corrected chi connectivity index (χ1v) is 14.7. The van der Waals surface area contributed by atoms with Crippen molar-refractivity contribution >= 4 is 42.8 Å². The number of allylic oxidation sites excluding steroid dienone is 5. The Morgan fingerprint density at radius 1 is 1.38 bits per heavy atom. The number of carbonyl (C=O) groups excluding carboxylic acids is 1. The molecule has 1 aliphatic carbocycles. The number of esters is 1. The van der Waals surface area contributed by atoms with Gasteiger partial charge in [-0.05, 0) is 58.6 Å². The Morgan fingerprint density at radius 2 is 2.15 bits per heavy atom. The summed E-state index contributed by atoms with van der Waals surface area (Å²) in [7, 11) is -2.25. The van der Waals surface area contributed by atoms with Gasteiger partial charge in [0.1, 0.15) is 12.6 Å². The Hall–Kier alpha value is -2.76. The van der Waals surface area contributed by atoms with Gasteiger partial charge < -0.3 is 19.8 Å². The number of aromatic nitrogens is 4. The molecule has 14 heteroatoms. The number of halogens is 1. The molecule has 0 radical (unpaired) electrons. The molecule has 214 valence electrons. The van der Waals surface area contributed by atoms with Gasteiger partial charge in [0.2, 0.25) is 11.8 Å². The van der Waals surface area contributed by atoms with E-state index in [4.69, 9.17) is 35.9 Å². The summed E-state index contributed by atoms with van der Waals surface area (Å²) in [6, 6.07) is -0.966. The van der Waals surface area contributed by atoms with Gasteiger partial charge in [-0.2, -0.15) is 19.4 Å². The van der Waals surface area contributed by atoms with Gasteiger partial charge in [0.05, 0.1) is 25.6 Å². The Morgan fingerprint density at radius 3 is 2.82 bits per heavy atom. The molecule has 1 aliphatic rings. The number of alkyl halides is 1. The molecule has 2 heterocycles. The molecule has 4 N–H and O–H groups in total. The quantitative estimate of drug-likeness (QED) is 0.0773. The number of nitrogen functional groups attached to an aromatic ring is 1. The highest BCUT2D eigenvalue weighted by Crippen LogP contribution is 2.56. The van der Waals surface area contributed by atoms with E-state index in [1.54, 1.807) is 52.3 Å². The van der Waals surface area contributed by atoms with Gasteiger partial charge >= 0.3 is 14.1 Å². The molecule has 0 amide bonds. The second-order valence-electron chi connectivity index (χ2n) is 9.24. The zero-order chi connectivity index (χ0) is 28.6. The molecule has 0 saturated carbocycles. The molecular formula is C25H37ClN6O6P+. The van der Waals surface area contributed by atoms with Crippen molar-refractivity contribution in [2.24, 2.45) is 5.92 Å². The van der Waals surface area contributed by atoms with E-state index in [0.29, 0.717) is 29.2 Å². The van der Waals surface area contributed by atoms with E-state index in [2.05, 4.69) is 26.1 Å². The van der Waals surface area contributed by atoms with E-state index in [9.17, 15) is 9.69 Å². The van der Waals surface area contributed by atoms with E-state index in [1.165, 1.54) is 7.11 Å². The molecule has 0 spiro atoms. The predicted molar refractivity (Wildman–Crippen MR) is 151 cm³/mol. The number of anilines is 1. The van der Waals surface area contributed by atoms with E-state index < -0.39 is 20.1 Å². The van der Waals surface area contributed by atoms with Gasteiger partial charge in [-0.15, -0.1) is 11.6 Å². The lowest BCUT2D eigenvalue weighted by Crippen LogP contribution is -2.38. The highest BCUT2D eigenvalue weighted by molar-refractivity contribution is 7.58. The van der Waals surface area contributed by atoms with E-state index in [-0.39, 0.29) is 36.5 Å². The SMILES string of the molecule is C/C=C(\C=C/CCl)O[P+](O)(N[C@@H](C)C(=O)OC(C)C)OC[C@@H]1CC=C[C@H](n2cnc3c(OC)nc(N)nc32)C1. The minimum Gasteiger partial charge on any atom is -0.479 e. The second-order valence-corrected chi connectivity index (χ2v) is 11.3. The van der Waals surface area contributed by atoms with Crippen LogP contribution < -0.4 is 15.6 Å². The maximum atomic E-state index is 12.4. The fraction of sp³-hybridized carbons (Fsp3) is 0.520. The van der Waals surface area contributed by atoms with Crippen LogP contribution >= 0.6 is 19.7 Å². The number of nitrogens with one attached hydrogen (secondary N) is 1. The van der Waals surface area contributed by atoms with Gasteiger partial charge in [0.25, 0.3) is 0 Å². The van der Waals surface area contributed by atoms with Gasteiger partial charge in [-0.25, -0.2) is 4.98 Å². The minimum absolute atomic E-state index is 0.0146. The van der Waals surface area contributed by atoms with E-state index >= 15 is 0 Å². The molecule has 12 nitrogen and oxygen atoms in total. The molecule has 4 atom stereocenters. The van der Waals surface area contributed by atoms with Crippen LogP contribution in [0.25, 0.3) is 11.2 Å². The molecule has 0 fully saturated rings. The fourth-order valence-corrected chi connectivity index (χ4v) is 5.72. The Balaban J connectivity index is 1.76. The van der Waals surface area contributed by atoms with Crippen LogP contribution in [0.5, 0.6) is 5.88 Å². The molecule has 3 rings (SSSR count). The van der Waals surface area contributed by atoms with Crippen LogP contribution in [-0.2, 0) is 18.6 Å². The van der Waals surface area contributed by atoms with Crippen molar-refractivity contribution in [3.05, 3.63) is 42.5 Å². The number of carbonyl (C=O) groups is 1. The lowest BCUT2D eigenvalue weighted by molar-refractivity contribution is -0.149. The maximum absolute atomic E-state index is 12.4. The van der Waals surface area contributed by atoms with Gasteiger partial charge in [0.15, 0.2) is 16.9 Å². The number of rotatable bonds is 13. The van der Waals surface area contributed by atoms with Gasteiger partial charge in [-0.3, -0.25) is 9.32 Å². The Bertz CT molecular complexity index is 1220. The number of imidazole rings is 1. The van der Waals surface area contributed by atoms with Crippen molar-refractivity contribution in [3.63, 3.8) is 0 Å². The number of nitrogens with zero attached hydrogens (tertiary/aromatic N) is 4. The summed E-state index contributed by atoms with van der Waals surface area (Å²) in [6.45, 7) is 7.00. The zero-order valence-electron chi connectivity index (χ0n) is 22.8. The standard InChI is InChI=1S/C25H37ClN6O6P/c1-6-20(11-8-12-26)38-39(34,31-17(4)24(33)37-16(2)3)36-14-18-9-7-10-19(13-18)32-15-28-21-22(32)29-25(27)30-23(21)35-5/h6-8,10-11,15-19,31,34H,9,12-14H2,1-5H3,(H2,27,29,30)/q+1/b11-8-,20-6+/t17-,18+,19-,39?/m0/s1. The van der Waals surface area contributed by atoms with Crippen molar-refractivity contribution < 1.29 is 28.2 Å². The molecule has 2 aromatic rings. The number of hydrogen-bond acceptors (Lipinski definition) is 11. The molecule has 0 aromatic carbocycles. The molecule has 39 heavy (non-hydrogen) atoms. The van der Waals surface area contributed by atoms with Crippen molar-refractivity contribution in [2.45, 2.75) is 58.7 Å². The first kappa shape index (κ1) is 30.8. The zero-order valence-corrected chi connectivity index (χ0v) is 24.4. The summed E-state index contributed by atoms with van der Waals surface area (Å²) in [4.78, 5) is 36.7. The highest BCUT2D eigenvalue weighted by atomic mass is 35.5. The highest BCUT2D eigenvalue weighted by Gasteiger charge is 2.47. The summed E-state index contributed by atoms with van der Waals surface area (Å²) in [5.41, 5.74) is 6.95. The summed E-state index contributed by atoms with van der Waals surface area (Å²) < 4.78 is 24.4. The van der Waals surface area contributed by atoms with Crippen LogP contribution in [0.3, 0.4) is 0 Å². The third-order valence-corrected chi connectivity index (χ3v) is 7.64. The van der Waals surface area contributed by atoms with E-state index in [0.717, 1.165) is 6.42 Å². The van der Waals surface area contributed by atoms with E-state index in [1.807, 2.05) is 10.6 Å². The fourth-order valence-electron chi connectivity index (χ4n) is 3.99. The molecule has 2 aromatic heterocycles. The lowest BCUT2D eigenvalue weighted by Gasteiger charge is -2.27. The second kappa shape index (κ2) is 14.0. The van der Waals surface area contributed by atoms with Crippen LogP contribution in [0.2, 0.25) is 0 Å². The average Bonchev–Trinajstić information content (AvgIpc) is 3.33. The normalized spacial score (nSPS) is 20.4. The largest absolute Gasteiger partial charge is 0.544 e. The van der Waals surface area contributed by atoms with Gasteiger partial charge in [-0.1, -0.05) is 23.3 Å². The third-order valence-electron chi connectivity index (χ3n) is 5.79. The van der Waals surface area contributed by atoms with Crippen molar-refractivity contribution in [1.29, 1.82) is 0 Å². The van der Waals surface area contributed by atoms with Crippen LogP contribution in [0.15, 0.2) is 42.5 Å². The molecule has 0 bridgehead atoms. The predicted octanol–water partition coefficient (Wildman–Crippen LogP) is 4.26. The lowest BCUT2D eigenvalue weighted by atomic mass is 9.91. The minimum atomic E-state index is -3.75. The first-order valence-electron chi connectivity index (χ1n) is 12.6. The number of methoxy groups -OCH3 is 1. The average molecular weight is 584 g/mol. The number of ether oxygens (including phenoxy) is 2. The van der Waals surface area contributed by atoms with Crippen LogP contribution in [0.1, 0.15) is 46.6 Å². The number of fused-ring (bicyclic) bond motifs is 1. The van der Waals surface area contributed by atoms with Crippen LogP contribution in [0.4, 0.5) is 5.95 Å². The van der Waals surface area contributed by atoms with Gasteiger partial charge in [0, 0.05) is 5.88 Å². The first-order chi connectivity index (χ1) is 18.6. The van der Waals surface area contributed by atoms with Crippen molar-refractivity contribution in [2.75, 3.05) is 25.3 Å². The smallest absolute Gasteiger partial charge is 0.479 e. The summed E-state index contributed by atoms with van der Waals surface area (Å²) >= 11 is 5.76. The molecule has 0 saturated heterocycles. The Kier molecular flexibility index (Phi) is 11.1. The van der Waals surface area contributed by atoms with Crippen molar-refractivity contribution in [3.8, 4) is 5.88 Å². The van der Waals surface area contributed by atoms with Crippen LogP contribution in [-0.4, -0.2) is 62.1 Å². The third kappa shape index (κ3) is 8.36. The van der Waals surface area contributed by atoms with Crippen LogP contribution in [0, 0.1) is 5.92 Å². The summed E-state index contributed by atoms with van der Waals surface area (Å²) in [6.07, 6.45) is 11.8. The maximum Gasteiger partial charge on any atom is 0.544 e. The van der Waals surface area contributed by atoms with Crippen molar-refractivity contribution in [1.82, 2.24) is 24.6 Å². The number of hydrogen-bond donors (Lipinski definition) is 3. The molecule has 1 unspecified atom stereocenters. The summed E-state index contributed by atoms with van der Waals surface area (Å²) in [5, 5.41) is 2.82. The topological polar surface area (TPSA) is 156 Å². The Labute approximate surface area is 233 Å². The molecule has 0 aliphatic heterocycles. The summed E-state index contributed by atoms with van der Waals surface area (Å²) in [5.74, 6) is 0.499. The monoisotopic (exact) mass is 583 g/mol. The molecular weight excluding hydrogens is 547 g/mol. The number of nitrogens with two attached hydrogens (primary N) is 1.